The summed E-state index contributed by atoms with van der Waals surface area (Å²) in [6, 6.07) is 9.35. The summed E-state index contributed by atoms with van der Waals surface area (Å²) in [5.41, 5.74) is 6.49. The summed E-state index contributed by atoms with van der Waals surface area (Å²) in [6.07, 6.45) is 6.34. The Balaban J connectivity index is 1.59. The molecule has 2 heterocycles. The molecule has 2 N–H and O–H groups in total. The van der Waals surface area contributed by atoms with Crippen molar-refractivity contribution in [2.45, 2.75) is 50.6 Å². The van der Waals surface area contributed by atoms with Crippen LogP contribution in [0.4, 0.5) is 0 Å². The normalized spacial score (nSPS) is 31.1. The molecule has 1 aromatic rings. The number of carbonyl (C=O) groups excluding carboxylic acids is 2. The third kappa shape index (κ3) is 3.13. The van der Waals surface area contributed by atoms with E-state index in [2.05, 4.69) is 0 Å². The Morgan fingerprint density at radius 3 is 2.58 bits per heavy atom. The topological polar surface area (TPSA) is 66.6 Å². The first-order chi connectivity index (χ1) is 12.7. The SMILES string of the molecule is NCC1CCN(C(=O)C2CC3CCCCC3N2C(=O)c2ccccc2)C1. The third-order valence-electron chi connectivity index (χ3n) is 6.56. The Kier molecular flexibility index (Phi) is 4.98. The summed E-state index contributed by atoms with van der Waals surface area (Å²) >= 11 is 0. The van der Waals surface area contributed by atoms with E-state index < -0.39 is 0 Å². The smallest absolute Gasteiger partial charge is 0.254 e. The lowest BCUT2D eigenvalue weighted by molar-refractivity contribution is -0.134. The van der Waals surface area contributed by atoms with Crippen molar-refractivity contribution in [2.75, 3.05) is 19.6 Å². The Hall–Kier alpha value is -1.88. The predicted octanol–water partition coefficient (Wildman–Crippen LogP) is 2.27. The molecule has 140 valence electrons. The number of nitrogens with zero attached hydrogens (tertiary/aromatic N) is 2. The van der Waals surface area contributed by atoms with E-state index in [0.29, 0.717) is 23.9 Å². The van der Waals surface area contributed by atoms with Crippen LogP contribution in [0.2, 0.25) is 0 Å². The number of carbonyl (C=O) groups is 2. The van der Waals surface area contributed by atoms with Crippen molar-refractivity contribution in [3.63, 3.8) is 0 Å². The highest BCUT2D eigenvalue weighted by atomic mass is 16.2. The van der Waals surface area contributed by atoms with E-state index in [1.165, 1.54) is 6.42 Å². The van der Waals surface area contributed by atoms with Crippen LogP contribution in [0.25, 0.3) is 0 Å². The molecule has 5 nitrogen and oxygen atoms in total. The van der Waals surface area contributed by atoms with Gasteiger partial charge in [-0.3, -0.25) is 9.59 Å². The lowest BCUT2D eigenvalue weighted by atomic mass is 9.84. The maximum atomic E-state index is 13.3. The number of fused-ring (bicyclic) bond motifs is 1. The summed E-state index contributed by atoms with van der Waals surface area (Å²) in [6.45, 7) is 2.15. The van der Waals surface area contributed by atoms with Crippen LogP contribution in [0.3, 0.4) is 0 Å². The highest BCUT2D eigenvalue weighted by molar-refractivity contribution is 5.98. The number of nitrogens with two attached hydrogens (primary N) is 1. The van der Waals surface area contributed by atoms with Crippen LogP contribution < -0.4 is 5.73 Å². The van der Waals surface area contributed by atoms with Gasteiger partial charge in [0.15, 0.2) is 0 Å². The second kappa shape index (κ2) is 7.39. The van der Waals surface area contributed by atoms with E-state index in [1.807, 2.05) is 40.1 Å². The van der Waals surface area contributed by atoms with E-state index in [0.717, 1.165) is 45.2 Å². The third-order valence-corrected chi connectivity index (χ3v) is 6.56. The van der Waals surface area contributed by atoms with Crippen molar-refractivity contribution in [3.05, 3.63) is 35.9 Å². The standard InChI is InChI=1S/C21H29N3O2/c22-13-15-10-11-23(14-15)21(26)19-12-17-8-4-5-9-18(17)24(19)20(25)16-6-2-1-3-7-16/h1-3,6-7,15,17-19H,4-5,8-14,22H2. The molecule has 0 aromatic heterocycles. The monoisotopic (exact) mass is 355 g/mol. The molecule has 0 spiro atoms. The van der Waals surface area contributed by atoms with Crippen molar-refractivity contribution in [3.8, 4) is 0 Å². The van der Waals surface area contributed by atoms with Gasteiger partial charge in [-0.05, 0) is 56.2 Å². The van der Waals surface area contributed by atoms with Crippen molar-refractivity contribution in [2.24, 2.45) is 17.6 Å². The van der Waals surface area contributed by atoms with Crippen LogP contribution in [0, 0.1) is 11.8 Å². The lowest BCUT2D eigenvalue weighted by Crippen LogP contribution is -2.50. The minimum Gasteiger partial charge on any atom is -0.341 e. The highest BCUT2D eigenvalue weighted by Crippen LogP contribution is 2.41. The van der Waals surface area contributed by atoms with E-state index in [4.69, 9.17) is 5.73 Å². The molecule has 3 aliphatic rings. The van der Waals surface area contributed by atoms with Crippen LogP contribution in [-0.2, 0) is 4.79 Å². The van der Waals surface area contributed by atoms with E-state index in [9.17, 15) is 9.59 Å². The van der Waals surface area contributed by atoms with Crippen molar-refractivity contribution in [1.29, 1.82) is 0 Å². The van der Waals surface area contributed by atoms with Gasteiger partial charge in [0, 0.05) is 24.7 Å². The molecule has 2 amide bonds. The van der Waals surface area contributed by atoms with E-state index in [1.54, 1.807) is 0 Å². The fourth-order valence-corrected chi connectivity index (χ4v) is 5.14. The Morgan fingerprint density at radius 2 is 1.85 bits per heavy atom. The van der Waals surface area contributed by atoms with Gasteiger partial charge in [0.2, 0.25) is 5.91 Å². The van der Waals surface area contributed by atoms with E-state index in [-0.39, 0.29) is 23.9 Å². The van der Waals surface area contributed by atoms with E-state index >= 15 is 0 Å². The summed E-state index contributed by atoms with van der Waals surface area (Å²) in [7, 11) is 0. The Morgan fingerprint density at radius 1 is 1.08 bits per heavy atom. The molecule has 3 fully saturated rings. The number of benzene rings is 1. The zero-order chi connectivity index (χ0) is 18.1. The van der Waals surface area contributed by atoms with Gasteiger partial charge >= 0.3 is 0 Å². The van der Waals surface area contributed by atoms with Gasteiger partial charge in [-0.15, -0.1) is 0 Å². The first-order valence-electron chi connectivity index (χ1n) is 10.1. The molecule has 5 heteroatoms. The van der Waals surface area contributed by atoms with Gasteiger partial charge in [-0.25, -0.2) is 0 Å². The van der Waals surface area contributed by atoms with Crippen molar-refractivity contribution < 1.29 is 9.59 Å². The van der Waals surface area contributed by atoms with Crippen molar-refractivity contribution >= 4 is 11.8 Å². The number of hydrogen-bond donors (Lipinski definition) is 1. The first-order valence-corrected chi connectivity index (χ1v) is 10.1. The van der Waals surface area contributed by atoms with Crippen LogP contribution in [0.1, 0.15) is 48.9 Å². The van der Waals surface area contributed by atoms with Crippen LogP contribution in [0.15, 0.2) is 30.3 Å². The van der Waals surface area contributed by atoms with Crippen LogP contribution in [0.5, 0.6) is 0 Å². The van der Waals surface area contributed by atoms with Gasteiger partial charge < -0.3 is 15.5 Å². The minimum atomic E-state index is -0.299. The summed E-state index contributed by atoms with van der Waals surface area (Å²) in [5.74, 6) is 1.03. The van der Waals surface area contributed by atoms with Gasteiger partial charge in [-0.1, -0.05) is 31.0 Å². The molecule has 2 aliphatic heterocycles. The molecule has 0 radical (unpaired) electrons. The molecule has 0 bridgehead atoms. The average molecular weight is 355 g/mol. The van der Waals surface area contributed by atoms with Gasteiger partial charge in [0.25, 0.3) is 5.91 Å². The maximum Gasteiger partial charge on any atom is 0.254 e. The second-order valence-corrected chi connectivity index (χ2v) is 8.12. The molecule has 2 saturated heterocycles. The molecule has 1 aliphatic carbocycles. The lowest BCUT2D eigenvalue weighted by Gasteiger charge is -2.34. The number of amides is 2. The largest absolute Gasteiger partial charge is 0.341 e. The Bertz CT molecular complexity index is 662. The summed E-state index contributed by atoms with van der Waals surface area (Å²) < 4.78 is 0. The number of rotatable bonds is 3. The maximum absolute atomic E-state index is 13.3. The van der Waals surface area contributed by atoms with Crippen molar-refractivity contribution in [1.82, 2.24) is 9.80 Å². The average Bonchev–Trinajstić information content (AvgIpc) is 3.32. The molecule has 1 saturated carbocycles. The molecule has 4 atom stereocenters. The molecular formula is C21H29N3O2. The molecule has 26 heavy (non-hydrogen) atoms. The number of hydrogen-bond acceptors (Lipinski definition) is 3. The van der Waals surface area contributed by atoms with Crippen LogP contribution >= 0.6 is 0 Å². The zero-order valence-corrected chi connectivity index (χ0v) is 15.3. The molecule has 4 unspecified atom stereocenters. The van der Waals surface area contributed by atoms with Crippen LogP contribution in [-0.4, -0.2) is 53.3 Å². The molecule has 1 aromatic carbocycles. The summed E-state index contributed by atoms with van der Waals surface area (Å²) in [4.78, 5) is 30.5. The van der Waals surface area contributed by atoms with Gasteiger partial charge in [0.05, 0.1) is 0 Å². The first kappa shape index (κ1) is 17.5. The Labute approximate surface area is 155 Å². The second-order valence-electron chi connectivity index (χ2n) is 8.12. The number of likely N-dealkylation sites (tertiary alicyclic amines) is 2. The summed E-state index contributed by atoms with van der Waals surface area (Å²) in [5, 5.41) is 0. The fraction of sp³-hybridized carbons (Fsp3) is 0.619. The quantitative estimate of drug-likeness (QED) is 0.904. The minimum absolute atomic E-state index is 0.0212. The van der Waals surface area contributed by atoms with Gasteiger partial charge in [0.1, 0.15) is 6.04 Å². The molecule has 4 rings (SSSR count). The zero-order valence-electron chi connectivity index (χ0n) is 15.3. The molecular weight excluding hydrogens is 326 g/mol. The predicted molar refractivity (Wildman–Crippen MR) is 101 cm³/mol. The fourth-order valence-electron chi connectivity index (χ4n) is 5.14. The van der Waals surface area contributed by atoms with Gasteiger partial charge in [-0.2, -0.15) is 0 Å². The highest BCUT2D eigenvalue weighted by Gasteiger charge is 2.49.